The maximum atomic E-state index is 11.7. The van der Waals surface area contributed by atoms with Crippen LogP contribution in [0, 0.1) is 6.92 Å². The summed E-state index contributed by atoms with van der Waals surface area (Å²) in [5, 5.41) is 2.65. The molecule has 138 valence electrons. The second-order valence-electron chi connectivity index (χ2n) is 5.42. The van der Waals surface area contributed by atoms with E-state index in [1.54, 1.807) is 0 Å². The molecule has 1 N–H and O–H groups in total. The topological polar surface area (TPSA) is 64.6 Å². The van der Waals surface area contributed by atoms with Crippen LogP contribution in [0.4, 0.5) is 0 Å². The Labute approximate surface area is 165 Å². The van der Waals surface area contributed by atoms with Crippen molar-refractivity contribution < 1.29 is 19.1 Å². The van der Waals surface area contributed by atoms with Gasteiger partial charge in [-0.05, 0) is 48.9 Å². The summed E-state index contributed by atoms with van der Waals surface area (Å²) >= 11 is 4.72. The first-order valence-corrected chi connectivity index (χ1v) is 9.81. The van der Waals surface area contributed by atoms with Crippen LogP contribution < -0.4 is 10.1 Å². The van der Waals surface area contributed by atoms with Gasteiger partial charge in [-0.25, -0.2) is 0 Å². The van der Waals surface area contributed by atoms with Gasteiger partial charge in [0.05, 0.1) is 12.3 Å². The van der Waals surface area contributed by atoms with Gasteiger partial charge in [0.25, 0.3) is 5.91 Å². The Hall–Kier alpha value is -1.99. The average molecular weight is 438 g/mol. The zero-order valence-electron chi connectivity index (χ0n) is 14.4. The van der Waals surface area contributed by atoms with Crippen molar-refractivity contribution in [1.29, 1.82) is 0 Å². The van der Waals surface area contributed by atoms with Crippen LogP contribution >= 0.6 is 27.7 Å². The van der Waals surface area contributed by atoms with Gasteiger partial charge in [0, 0.05) is 9.37 Å². The molecule has 0 radical (unpaired) electrons. The molecule has 0 aliphatic rings. The Kier molecular flexibility index (Phi) is 8.50. The fourth-order valence-corrected chi connectivity index (χ4v) is 2.94. The summed E-state index contributed by atoms with van der Waals surface area (Å²) in [7, 11) is 0. The molecule has 2 aromatic carbocycles. The van der Waals surface area contributed by atoms with E-state index in [1.807, 2.05) is 55.5 Å². The number of thioether (sulfide) groups is 1. The fraction of sp³-hybridized carbons (Fsp3) is 0.263. The number of hydrogen-bond donors (Lipinski definition) is 1. The van der Waals surface area contributed by atoms with E-state index >= 15 is 0 Å². The molecular weight excluding hydrogens is 418 g/mol. The minimum absolute atomic E-state index is 0.158. The summed E-state index contributed by atoms with van der Waals surface area (Å²) < 4.78 is 11.5. The van der Waals surface area contributed by atoms with Crippen LogP contribution in [0.2, 0.25) is 0 Å². The molecule has 0 aliphatic carbocycles. The quantitative estimate of drug-likeness (QED) is 0.368. The maximum absolute atomic E-state index is 11.7. The molecule has 2 rings (SSSR count). The third-order valence-corrected chi connectivity index (χ3v) is 4.73. The van der Waals surface area contributed by atoms with Gasteiger partial charge in [-0.2, -0.15) is 0 Å². The SMILES string of the molecule is Cc1cccc(OCCNC(=O)COC(=O)CSc2ccc(Br)cc2)c1. The molecule has 0 aromatic heterocycles. The van der Waals surface area contributed by atoms with Gasteiger partial charge in [-0.15, -0.1) is 11.8 Å². The smallest absolute Gasteiger partial charge is 0.316 e. The van der Waals surface area contributed by atoms with Gasteiger partial charge >= 0.3 is 5.97 Å². The lowest BCUT2D eigenvalue weighted by atomic mass is 10.2. The number of benzene rings is 2. The van der Waals surface area contributed by atoms with Gasteiger partial charge in [0.15, 0.2) is 6.61 Å². The van der Waals surface area contributed by atoms with Gasteiger partial charge < -0.3 is 14.8 Å². The maximum Gasteiger partial charge on any atom is 0.316 e. The highest BCUT2D eigenvalue weighted by Crippen LogP contribution is 2.20. The Morgan fingerprint density at radius 2 is 1.92 bits per heavy atom. The third kappa shape index (κ3) is 7.93. The number of ether oxygens (including phenoxy) is 2. The Morgan fingerprint density at radius 1 is 1.15 bits per heavy atom. The van der Waals surface area contributed by atoms with E-state index in [-0.39, 0.29) is 18.3 Å². The first-order chi connectivity index (χ1) is 12.5. The summed E-state index contributed by atoms with van der Waals surface area (Å²) in [4.78, 5) is 24.3. The summed E-state index contributed by atoms with van der Waals surface area (Å²) in [5.41, 5.74) is 1.11. The Morgan fingerprint density at radius 3 is 2.65 bits per heavy atom. The molecule has 0 aliphatic heterocycles. The molecular formula is C19H20BrNO4S. The largest absolute Gasteiger partial charge is 0.492 e. The van der Waals surface area contributed by atoms with Crippen molar-refractivity contribution in [2.75, 3.05) is 25.5 Å². The lowest BCUT2D eigenvalue weighted by Gasteiger charge is -2.09. The second kappa shape index (κ2) is 10.9. The van der Waals surface area contributed by atoms with Crippen LogP contribution in [0.3, 0.4) is 0 Å². The zero-order chi connectivity index (χ0) is 18.8. The number of carbonyl (C=O) groups excluding carboxylic acids is 2. The summed E-state index contributed by atoms with van der Waals surface area (Å²) in [6.07, 6.45) is 0. The highest BCUT2D eigenvalue weighted by Gasteiger charge is 2.08. The van der Waals surface area contributed by atoms with Crippen LogP contribution in [0.15, 0.2) is 57.9 Å². The van der Waals surface area contributed by atoms with Gasteiger partial charge in [-0.1, -0.05) is 28.1 Å². The van der Waals surface area contributed by atoms with Crippen LogP contribution in [0.1, 0.15) is 5.56 Å². The lowest BCUT2D eigenvalue weighted by molar-refractivity contribution is -0.145. The molecule has 1 amide bonds. The molecule has 0 fully saturated rings. The molecule has 0 saturated heterocycles. The number of hydrogen-bond acceptors (Lipinski definition) is 5. The molecule has 2 aromatic rings. The van der Waals surface area contributed by atoms with Crippen LogP contribution in [-0.4, -0.2) is 37.4 Å². The molecule has 0 bridgehead atoms. The molecule has 26 heavy (non-hydrogen) atoms. The van der Waals surface area contributed by atoms with Crippen molar-refractivity contribution in [3.8, 4) is 5.75 Å². The van der Waals surface area contributed by atoms with Crippen molar-refractivity contribution in [3.63, 3.8) is 0 Å². The molecule has 0 unspecified atom stereocenters. The van der Waals surface area contributed by atoms with Crippen LogP contribution in [-0.2, 0) is 14.3 Å². The number of carbonyl (C=O) groups is 2. The molecule has 0 atom stereocenters. The lowest BCUT2D eigenvalue weighted by Crippen LogP contribution is -2.32. The van der Waals surface area contributed by atoms with E-state index in [1.165, 1.54) is 11.8 Å². The fourth-order valence-electron chi connectivity index (χ4n) is 1.98. The molecule has 7 heteroatoms. The number of rotatable bonds is 9. The van der Waals surface area contributed by atoms with Gasteiger partial charge in [0.2, 0.25) is 0 Å². The standard InChI is InChI=1S/C19H20BrNO4S/c1-14-3-2-4-16(11-14)24-10-9-21-18(22)12-25-19(23)13-26-17-7-5-15(20)6-8-17/h2-8,11H,9-10,12-13H2,1H3,(H,21,22). The normalized spacial score (nSPS) is 10.2. The molecule has 0 spiro atoms. The summed E-state index contributed by atoms with van der Waals surface area (Å²) in [5.74, 6) is 0.144. The predicted octanol–water partition coefficient (Wildman–Crippen LogP) is 3.59. The van der Waals surface area contributed by atoms with Crippen molar-refractivity contribution in [1.82, 2.24) is 5.32 Å². The minimum Gasteiger partial charge on any atom is -0.492 e. The molecule has 0 saturated carbocycles. The van der Waals surface area contributed by atoms with Crippen molar-refractivity contribution in [2.24, 2.45) is 0 Å². The first kappa shape index (κ1) is 20.3. The predicted molar refractivity (Wildman–Crippen MR) is 106 cm³/mol. The van der Waals surface area contributed by atoms with Crippen molar-refractivity contribution >= 4 is 39.6 Å². The van der Waals surface area contributed by atoms with E-state index in [0.29, 0.717) is 13.2 Å². The van der Waals surface area contributed by atoms with Crippen molar-refractivity contribution in [2.45, 2.75) is 11.8 Å². The van der Waals surface area contributed by atoms with E-state index in [4.69, 9.17) is 9.47 Å². The highest BCUT2D eigenvalue weighted by atomic mass is 79.9. The molecule has 0 heterocycles. The minimum atomic E-state index is -0.427. The molecule has 5 nitrogen and oxygen atoms in total. The monoisotopic (exact) mass is 437 g/mol. The number of halogens is 1. The first-order valence-electron chi connectivity index (χ1n) is 8.03. The Balaban J connectivity index is 1.56. The van der Waals surface area contributed by atoms with E-state index in [9.17, 15) is 9.59 Å². The van der Waals surface area contributed by atoms with E-state index in [0.717, 1.165) is 20.7 Å². The highest BCUT2D eigenvalue weighted by molar-refractivity contribution is 9.10. The number of nitrogens with one attached hydrogen (secondary N) is 1. The number of amides is 1. The summed E-state index contributed by atoms with van der Waals surface area (Å²) in [6.45, 7) is 2.39. The number of esters is 1. The zero-order valence-corrected chi connectivity index (χ0v) is 16.8. The van der Waals surface area contributed by atoms with Crippen LogP contribution in [0.25, 0.3) is 0 Å². The third-order valence-electron chi connectivity index (χ3n) is 3.22. The second-order valence-corrected chi connectivity index (χ2v) is 7.38. The van der Waals surface area contributed by atoms with Crippen LogP contribution in [0.5, 0.6) is 5.75 Å². The summed E-state index contributed by atoms with van der Waals surface area (Å²) in [6, 6.07) is 15.3. The number of aryl methyl sites for hydroxylation is 1. The average Bonchev–Trinajstić information content (AvgIpc) is 2.63. The van der Waals surface area contributed by atoms with Gasteiger partial charge in [0.1, 0.15) is 12.4 Å². The van der Waals surface area contributed by atoms with E-state index < -0.39 is 5.97 Å². The van der Waals surface area contributed by atoms with Gasteiger partial charge in [-0.3, -0.25) is 9.59 Å². The van der Waals surface area contributed by atoms with E-state index in [2.05, 4.69) is 21.2 Å². The van der Waals surface area contributed by atoms with Crippen molar-refractivity contribution in [3.05, 3.63) is 58.6 Å². The Bertz CT molecular complexity index is 737.